The second-order valence-electron chi connectivity index (χ2n) is 4.46. The molecule has 0 aliphatic carbocycles. The Hall–Kier alpha value is -1.07. The van der Waals surface area contributed by atoms with E-state index in [4.69, 9.17) is 5.73 Å². The lowest BCUT2D eigenvalue weighted by molar-refractivity contribution is 0.578. The Morgan fingerprint density at radius 2 is 1.94 bits per heavy atom. The molecule has 1 rings (SSSR count). The summed E-state index contributed by atoms with van der Waals surface area (Å²) in [5.74, 6) is 0.514. The van der Waals surface area contributed by atoms with Gasteiger partial charge in [0.15, 0.2) is 0 Å². The van der Waals surface area contributed by atoms with E-state index >= 15 is 0 Å². The number of nitrogens with one attached hydrogen (secondary N) is 1. The maximum absolute atomic E-state index is 11.8. The summed E-state index contributed by atoms with van der Waals surface area (Å²) in [4.78, 5) is 0. The summed E-state index contributed by atoms with van der Waals surface area (Å²) in [5.41, 5.74) is 6.95. The first-order valence-corrected chi connectivity index (χ1v) is 7.38. The van der Waals surface area contributed by atoms with Crippen molar-refractivity contribution in [2.45, 2.75) is 26.8 Å². The number of nitrogens with two attached hydrogens (primary N) is 1. The van der Waals surface area contributed by atoms with Crippen LogP contribution in [-0.2, 0) is 16.6 Å². The molecule has 0 radical (unpaired) electrons. The third kappa shape index (κ3) is 4.75. The number of rotatable bonds is 6. The van der Waals surface area contributed by atoms with Gasteiger partial charge in [-0.25, -0.2) is 8.42 Å². The monoisotopic (exact) mass is 256 g/mol. The van der Waals surface area contributed by atoms with Gasteiger partial charge in [0.05, 0.1) is 11.4 Å². The van der Waals surface area contributed by atoms with Gasteiger partial charge in [-0.3, -0.25) is 4.72 Å². The normalized spacial score (nSPS) is 11.8. The van der Waals surface area contributed by atoms with Crippen LogP contribution in [0.1, 0.15) is 25.8 Å². The molecule has 0 atom stereocenters. The Labute approximate surface area is 103 Å². The molecular formula is C12H20N2O2S. The van der Waals surface area contributed by atoms with Crippen molar-refractivity contribution in [1.82, 2.24) is 0 Å². The molecule has 0 heterocycles. The summed E-state index contributed by atoms with van der Waals surface area (Å²) < 4.78 is 26.2. The zero-order valence-corrected chi connectivity index (χ0v) is 11.1. The summed E-state index contributed by atoms with van der Waals surface area (Å²) in [6, 6.07) is 7.18. The number of hydrogen-bond acceptors (Lipinski definition) is 3. The van der Waals surface area contributed by atoms with E-state index < -0.39 is 10.0 Å². The molecule has 3 N–H and O–H groups in total. The van der Waals surface area contributed by atoms with Crippen LogP contribution < -0.4 is 10.5 Å². The molecule has 1 aromatic carbocycles. The Balaban J connectivity index is 2.76. The molecule has 0 saturated carbocycles. The lowest BCUT2D eigenvalue weighted by Gasteiger charge is -2.12. The molecular weight excluding hydrogens is 236 g/mol. The number of benzene rings is 1. The Bertz CT molecular complexity index is 455. The highest BCUT2D eigenvalue weighted by Gasteiger charge is 2.12. The first kappa shape index (κ1) is 14.0. The van der Waals surface area contributed by atoms with Crippen LogP contribution in [0.5, 0.6) is 0 Å². The van der Waals surface area contributed by atoms with E-state index in [1.807, 2.05) is 26.0 Å². The topological polar surface area (TPSA) is 72.2 Å². The predicted molar refractivity (Wildman–Crippen MR) is 71.2 cm³/mol. The first-order chi connectivity index (χ1) is 7.94. The van der Waals surface area contributed by atoms with Crippen LogP contribution in [0.3, 0.4) is 0 Å². The first-order valence-electron chi connectivity index (χ1n) is 5.73. The van der Waals surface area contributed by atoms with E-state index in [2.05, 4.69) is 4.72 Å². The van der Waals surface area contributed by atoms with Gasteiger partial charge in [0.25, 0.3) is 0 Å². The van der Waals surface area contributed by atoms with Crippen molar-refractivity contribution >= 4 is 15.7 Å². The third-order valence-corrected chi connectivity index (χ3v) is 3.77. The quantitative estimate of drug-likeness (QED) is 0.817. The SMILES string of the molecule is CC(C)CCS(=O)(=O)Nc1ccccc1CN. The molecule has 17 heavy (non-hydrogen) atoms. The van der Waals surface area contributed by atoms with Gasteiger partial charge in [0.1, 0.15) is 0 Å². The maximum atomic E-state index is 11.8. The standard InChI is InChI=1S/C12H20N2O2S/c1-10(2)7-8-17(15,16)14-12-6-4-3-5-11(12)9-13/h3-6,10,14H,7-9,13H2,1-2H3. The highest BCUT2D eigenvalue weighted by molar-refractivity contribution is 7.92. The van der Waals surface area contributed by atoms with Crippen LogP contribution in [0, 0.1) is 5.92 Å². The smallest absolute Gasteiger partial charge is 0.232 e. The van der Waals surface area contributed by atoms with Gasteiger partial charge in [0, 0.05) is 6.54 Å². The maximum Gasteiger partial charge on any atom is 0.232 e. The summed E-state index contributed by atoms with van der Waals surface area (Å²) >= 11 is 0. The predicted octanol–water partition coefficient (Wildman–Crippen LogP) is 1.93. The largest absolute Gasteiger partial charge is 0.326 e. The zero-order chi connectivity index (χ0) is 12.9. The van der Waals surface area contributed by atoms with E-state index in [0.717, 1.165) is 5.56 Å². The highest BCUT2D eigenvalue weighted by Crippen LogP contribution is 2.16. The van der Waals surface area contributed by atoms with E-state index in [-0.39, 0.29) is 5.75 Å². The minimum Gasteiger partial charge on any atom is -0.326 e. The lowest BCUT2D eigenvalue weighted by Crippen LogP contribution is -2.19. The number of para-hydroxylation sites is 1. The summed E-state index contributed by atoms with van der Waals surface area (Å²) in [6.45, 7) is 4.33. The number of sulfonamides is 1. The van der Waals surface area contributed by atoms with Crippen molar-refractivity contribution in [3.8, 4) is 0 Å². The van der Waals surface area contributed by atoms with Crippen LogP contribution in [0.25, 0.3) is 0 Å². The fourth-order valence-electron chi connectivity index (χ4n) is 1.41. The van der Waals surface area contributed by atoms with Crippen molar-refractivity contribution in [2.24, 2.45) is 11.7 Å². The molecule has 0 fully saturated rings. The van der Waals surface area contributed by atoms with Crippen LogP contribution >= 0.6 is 0 Å². The van der Waals surface area contributed by atoms with Crippen molar-refractivity contribution in [3.05, 3.63) is 29.8 Å². The molecule has 4 nitrogen and oxygen atoms in total. The second-order valence-corrected chi connectivity index (χ2v) is 6.31. The minimum absolute atomic E-state index is 0.142. The molecule has 96 valence electrons. The van der Waals surface area contributed by atoms with Crippen LogP contribution in [0.15, 0.2) is 24.3 Å². The fourth-order valence-corrected chi connectivity index (χ4v) is 2.83. The van der Waals surface area contributed by atoms with Crippen LogP contribution in [0.4, 0.5) is 5.69 Å². The second kappa shape index (κ2) is 6.02. The third-order valence-electron chi connectivity index (χ3n) is 2.47. The highest BCUT2D eigenvalue weighted by atomic mass is 32.2. The Kier molecular flexibility index (Phi) is 4.96. The van der Waals surface area contributed by atoms with Gasteiger partial charge in [0.2, 0.25) is 10.0 Å². The molecule has 0 amide bonds. The fraction of sp³-hybridized carbons (Fsp3) is 0.500. The van der Waals surface area contributed by atoms with E-state index in [9.17, 15) is 8.42 Å². The molecule has 0 aliphatic heterocycles. The van der Waals surface area contributed by atoms with E-state index in [1.54, 1.807) is 12.1 Å². The number of hydrogen-bond donors (Lipinski definition) is 2. The van der Waals surface area contributed by atoms with Gasteiger partial charge in [-0.1, -0.05) is 32.0 Å². The summed E-state index contributed by atoms with van der Waals surface area (Å²) in [6.07, 6.45) is 0.653. The van der Waals surface area contributed by atoms with Crippen LogP contribution in [0.2, 0.25) is 0 Å². The zero-order valence-electron chi connectivity index (χ0n) is 10.3. The van der Waals surface area contributed by atoms with Crippen molar-refractivity contribution in [1.29, 1.82) is 0 Å². The molecule has 1 aromatic rings. The van der Waals surface area contributed by atoms with Gasteiger partial charge in [-0.2, -0.15) is 0 Å². The van der Waals surface area contributed by atoms with Gasteiger partial charge in [-0.15, -0.1) is 0 Å². The Morgan fingerprint density at radius 3 is 2.53 bits per heavy atom. The van der Waals surface area contributed by atoms with Gasteiger partial charge in [-0.05, 0) is 24.0 Å². The molecule has 0 aromatic heterocycles. The van der Waals surface area contributed by atoms with Crippen molar-refractivity contribution in [2.75, 3.05) is 10.5 Å². The average Bonchev–Trinajstić information content (AvgIpc) is 2.27. The minimum atomic E-state index is -3.27. The molecule has 0 unspecified atom stereocenters. The molecule has 0 aliphatic rings. The molecule has 0 spiro atoms. The van der Waals surface area contributed by atoms with Crippen molar-refractivity contribution in [3.63, 3.8) is 0 Å². The molecule has 0 saturated heterocycles. The molecule has 5 heteroatoms. The lowest BCUT2D eigenvalue weighted by atomic mass is 10.2. The Morgan fingerprint density at radius 1 is 1.29 bits per heavy atom. The van der Waals surface area contributed by atoms with Gasteiger partial charge >= 0.3 is 0 Å². The number of anilines is 1. The van der Waals surface area contributed by atoms with E-state index in [1.165, 1.54) is 0 Å². The average molecular weight is 256 g/mol. The van der Waals surface area contributed by atoms with Gasteiger partial charge < -0.3 is 5.73 Å². The molecule has 0 bridgehead atoms. The van der Waals surface area contributed by atoms with Crippen LogP contribution in [-0.4, -0.2) is 14.2 Å². The van der Waals surface area contributed by atoms with E-state index in [0.29, 0.717) is 24.6 Å². The summed E-state index contributed by atoms with van der Waals surface area (Å²) in [5, 5.41) is 0. The summed E-state index contributed by atoms with van der Waals surface area (Å²) in [7, 11) is -3.27. The van der Waals surface area contributed by atoms with Crippen molar-refractivity contribution < 1.29 is 8.42 Å².